The molecular weight excluding hydrogens is 264 g/mol. The SMILES string of the molecule is NCCC1(O)CCN(CCc2coc3ccccc23)CC1. The molecule has 114 valence electrons. The summed E-state index contributed by atoms with van der Waals surface area (Å²) in [6.07, 6.45) is 5.24. The van der Waals surface area contributed by atoms with Gasteiger partial charge in [-0.2, -0.15) is 0 Å². The van der Waals surface area contributed by atoms with Gasteiger partial charge in [-0.25, -0.2) is 0 Å². The molecule has 3 rings (SSSR count). The van der Waals surface area contributed by atoms with Crippen LogP contribution in [0.2, 0.25) is 0 Å². The predicted molar refractivity (Wildman–Crippen MR) is 84.2 cm³/mol. The molecule has 3 N–H and O–H groups in total. The topological polar surface area (TPSA) is 62.6 Å². The highest BCUT2D eigenvalue weighted by atomic mass is 16.3. The van der Waals surface area contributed by atoms with Gasteiger partial charge in [-0.3, -0.25) is 0 Å². The van der Waals surface area contributed by atoms with Gasteiger partial charge in [0.25, 0.3) is 0 Å². The number of nitrogens with zero attached hydrogens (tertiary/aromatic N) is 1. The highest BCUT2D eigenvalue weighted by molar-refractivity contribution is 5.80. The number of likely N-dealkylation sites (tertiary alicyclic amines) is 1. The number of hydrogen-bond donors (Lipinski definition) is 2. The number of para-hydroxylation sites is 1. The van der Waals surface area contributed by atoms with E-state index in [1.54, 1.807) is 0 Å². The van der Waals surface area contributed by atoms with Crippen LogP contribution in [0, 0.1) is 0 Å². The maximum absolute atomic E-state index is 10.4. The minimum absolute atomic E-state index is 0.534. The van der Waals surface area contributed by atoms with Crippen molar-refractivity contribution in [2.75, 3.05) is 26.2 Å². The average Bonchev–Trinajstić information content (AvgIpc) is 2.90. The second-order valence-electron chi connectivity index (χ2n) is 6.11. The molecule has 0 unspecified atom stereocenters. The summed E-state index contributed by atoms with van der Waals surface area (Å²) in [6.45, 7) is 3.48. The number of piperidine rings is 1. The standard InChI is InChI=1S/C17H24N2O2/c18-9-6-17(20)7-11-19(12-8-17)10-5-14-13-21-16-4-2-1-3-15(14)16/h1-4,13,20H,5-12,18H2. The Bertz CT molecular complexity index is 585. The Morgan fingerprint density at radius 3 is 2.76 bits per heavy atom. The summed E-state index contributed by atoms with van der Waals surface area (Å²) in [5.74, 6) is 0. The fraction of sp³-hybridized carbons (Fsp3) is 0.529. The van der Waals surface area contributed by atoms with Crippen LogP contribution in [0.15, 0.2) is 34.9 Å². The Labute approximate surface area is 125 Å². The normalized spacial score (nSPS) is 19.1. The van der Waals surface area contributed by atoms with E-state index in [0.717, 1.165) is 44.5 Å². The Balaban J connectivity index is 1.55. The largest absolute Gasteiger partial charge is 0.464 e. The van der Waals surface area contributed by atoms with Crippen LogP contribution < -0.4 is 5.73 Å². The Kier molecular flexibility index (Phi) is 4.29. The van der Waals surface area contributed by atoms with E-state index in [2.05, 4.69) is 17.0 Å². The molecule has 1 saturated heterocycles. The first-order valence-corrected chi connectivity index (χ1v) is 7.80. The van der Waals surface area contributed by atoms with Crippen molar-refractivity contribution >= 4 is 11.0 Å². The third-order valence-corrected chi connectivity index (χ3v) is 4.66. The molecule has 1 fully saturated rings. The molecular formula is C17H24N2O2. The second-order valence-corrected chi connectivity index (χ2v) is 6.11. The summed E-state index contributed by atoms with van der Waals surface area (Å²) in [4.78, 5) is 2.42. The quantitative estimate of drug-likeness (QED) is 0.885. The number of nitrogens with two attached hydrogens (primary N) is 1. The number of fused-ring (bicyclic) bond motifs is 1. The van der Waals surface area contributed by atoms with Gasteiger partial charge in [-0.1, -0.05) is 18.2 Å². The smallest absolute Gasteiger partial charge is 0.134 e. The van der Waals surface area contributed by atoms with Crippen molar-refractivity contribution < 1.29 is 9.52 Å². The summed E-state index contributed by atoms with van der Waals surface area (Å²) in [6, 6.07) is 8.17. The number of benzene rings is 1. The molecule has 0 atom stereocenters. The molecule has 1 aliphatic rings. The number of furan rings is 1. The first kappa shape index (κ1) is 14.6. The van der Waals surface area contributed by atoms with Crippen LogP contribution in [-0.4, -0.2) is 41.8 Å². The Morgan fingerprint density at radius 2 is 2.00 bits per heavy atom. The number of aliphatic hydroxyl groups is 1. The zero-order chi connectivity index (χ0) is 14.7. The van der Waals surface area contributed by atoms with Gasteiger partial charge in [0.2, 0.25) is 0 Å². The highest BCUT2D eigenvalue weighted by Crippen LogP contribution is 2.26. The molecule has 0 radical (unpaired) electrons. The second kappa shape index (κ2) is 6.18. The van der Waals surface area contributed by atoms with Gasteiger partial charge in [0.15, 0.2) is 0 Å². The van der Waals surface area contributed by atoms with E-state index in [4.69, 9.17) is 10.2 Å². The fourth-order valence-electron chi connectivity index (χ4n) is 3.22. The number of hydrogen-bond acceptors (Lipinski definition) is 4. The molecule has 2 aromatic rings. The molecule has 0 bridgehead atoms. The van der Waals surface area contributed by atoms with Gasteiger partial charge in [-0.05, 0) is 43.9 Å². The molecule has 0 amide bonds. The van der Waals surface area contributed by atoms with Gasteiger partial charge in [0.1, 0.15) is 5.58 Å². The summed E-state index contributed by atoms with van der Waals surface area (Å²) in [5.41, 5.74) is 7.27. The first-order chi connectivity index (χ1) is 10.2. The summed E-state index contributed by atoms with van der Waals surface area (Å²) >= 11 is 0. The van der Waals surface area contributed by atoms with E-state index in [1.807, 2.05) is 18.4 Å². The summed E-state index contributed by atoms with van der Waals surface area (Å²) in [5, 5.41) is 11.6. The van der Waals surface area contributed by atoms with E-state index >= 15 is 0 Å². The molecule has 0 saturated carbocycles. The predicted octanol–water partition coefficient (Wildman–Crippen LogP) is 2.15. The first-order valence-electron chi connectivity index (χ1n) is 7.80. The molecule has 4 heteroatoms. The van der Waals surface area contributed by atoms with Crippen LogP contribution in [-0.2, 0) is 6.42 Å². The molecule has 0 aliphatic carbocycles. The third kappa shape index (κ3) is 3.28. The Morgan fingerprint density at radius 1 is 1.24 bits per heavy atom. The van der Waals surface area contributed by atoms with Crippen LogP contribution in [0.1, 0.15) is 24.8 Å². The van der Waals surface area contributed by atoms with E-state index in [9.17, 15) is 5.11 Å². The van der Waals surface area contributed by atoms with Crippen molar-refractivity contribution in [2.45, 2.75) is 31.3 Å². The summed E-state index contributed by atoms with van der Waals surface area (Å²) < 4.78 is 5.58. The van der Waals surface area contributed by atoms with Gasteiger partial charge in [0.05, 0.1) is 11.9 Å². The molecule has 2 heterocycles. The van der Waals surface area contributed by atoms with Gasteiger partial charge < -0.3 is 20.2 Å². The van der Waals surface area contributed by atoms with Gasteiger partial charge >= 0.3 is 0 Å². The maximum atomic E-state index is 10.4. The minimum Gasteiger partial charge on any atom is -0.464 e. The van der Waals surface area contributed by atoms with Gasteiger partial charge in [0, 0.05) is 25.0 Å². The highest BCUT2D eigenvalue weighted by Gasteiger charge is 2.31. The van der Waals surface area contributed by atoms with Crippen LogP contribution in [0.4, 0.5) is 0 Å². The van der Waals surface area contributed by atoms with Crippen molar-refractivity contribution in [3.63, 3.8) is 0 Å². The molecule has 1 aliphatic heterocycles. The molecule has 0 spiro atoms. The van der Waals surface area contributed by atoms with E-state index in [0.29, 0.717) is 13.0 Å². The van der Waals surface area contributed by atoms with Crippen molar-refractivity contribution in [1.82, 2.24) is 4.90 Å². The molecule has 21 heavy (non-hydrogen) atoms. The minimum atomic E-state index is -0.534. The lowest BCUT2D eigenvalue weighted by molar-refractivity contribution is -0.0252. The molecule has 4 nitrogen and oxygen atoms in total. The van der Waals surface area contributed by atoms with Crippen molar-refractivity contribution in [3.8, 4) is 0 Å². The van der Waals surface area contributed by atoms with Crippen LogP contribution in [0.5, 0.6) is 0 Å². The molecule has 1 aromatic carbocycles. The van der Waals surface area contributed by atoms with Crippen molar-refractivity contribution in [3.05, 3.63) is 36.1 Å². The van der Waals surface area contributed by atoms with E-state index in [-0.39, 0.29) is 0 Å². The lowest BCUT2D eigenvalue weighted by atomic mass is 9.88. The van der Waals surface area contributed by atoms with Crippen molar-refractivity contribution in [2.24, 2.45) is 5.73 Å². The zero-order valence-corrected chi connectivity index (χ0v) is 12.4. The lowest BCUT2D eigenvalue weighted by Gasteiger charge is -2.38. The van der Waals surface area contributed by atoms with Crippen LogP contribution in [0.25, 0.3) is 11.0 Å². The van der Waals surface area contributed by atoms with Crippen molar-refractivity contribution in [1.29, 1.82) is 0 Å². The van der Waals surface area contributed by atoms with Gasteiger partial charge in [-0.15, -0.1) is 0 Å². The zero-order valence-electron chi connectivity index (χ0n) is 12.4. The lowest BCUT2D eigenvalue weighted by Crippen LogP contribution is -2.45. The molecule has 1 aromatic heterocycles. The third-order valence-electron chi connectivity index (χ3n) is 4.66. The van der Waals surface area contributed by atoms with E-state index < -0.39 is 5.60 Å². The van der Waals surface area contributed by atoms with E-state index in [1.165, 1.54) is 10.9 Å². The van der Waals surface area contributed by atoms with Crippen LogP contribution >= 0.6 is 0 Å². The maximum Gasteiger partial charge on any atom is 0.134 e. The monoisotopic (exact) mass is 288 g/mol. The van der Waals surface area contributed by atoms with Crippen LogP contribution in [0.3, 0.4) is 0 Å². The Hall–Kier alpha value is -1.36. The average molecular weight is 288 g/mol. The summed E-state index contributed by atoms with van der Waals surface area (Å²) in [7, 11) is 0. The fourth-order valence-corrected chi connectivity index (χ4v) is 3.22. The number of rotatable bonds is 5.